The van der Waals surface area contributed by atoms with Gasteiger partial charge < -0.3 is 18.9 Å². The first-order valence-corrected chi connectivity index (χ1v) is 7.63. The fourth-order valence-electron chi connectivity index (χ4n) is 2.58. The van der Waals surface area contributed by atoms with Crippen LogP contribution in [0.25, 0.3) is 0 Å². The van der Waals surface area contributed by atoms with Crippen molar-refractivity contribution < 1.29 is 23.2 Å². The number of halogens is 1. The van der Waals surface area contributed by atoms with E-state index in [-0.39, 0.29) is 30.9 Å². The zero-order valence-electron chi connectivity index (χ0n) is 13.3. The Morgan fingerprint density at radius 3 is 2.96 bits per heavy atom. The largest absolute Gasteiger partial charge is 0.484 e. The Labute approximate surface area is 138 Å². The molecule has 1 unspecified atom stereocenters. The molecule has 24 heavy (non-hydrogen) atoms. The second-order valence-corrected chi connectivity index (χ2v) is 5.55. The third kappa shape index (κ3) is 3.88. The third-order valence-corrected chi connectivity index (χ3v) is 3.83. The molecule has 8 heteroatoms. The SMILES string of the molecule is COCc1nc(C2CCN(C(=O)COc3ccc(F)cc3)C2)no1. The second-order valence-electron chi connectivity index (χ2n) is 5.55. The number of ether oxygens (including phenoxy) is 2. The van der Waals surface area contributed by atoms with Crippen LogP contribution in [-0.2, 0) is 16.1 Å². The summed E-state index contributed by atoms with van der Waals surface area (Å²) >= 11 is 0. The topological polar surface area (TPSA) is 77.7 Å². The zero-order valence-corrected chi connectivity index (χ0v) is 13.3. The molecule has 0 saturated carbocycles. The van der Waals surface area contributed by atoms with Gasteiger partial charge in [0.2, 0.25) is 0 Å². The van der Waals surface area contributed by atoms with Crippen molar-refractivity contribution in [1.29, 1.82) is 0 Å². The Balaban J connectivity index is 1.50. The number of aromatic nitrogens is 2. The van der Waals surface area contributed by atoms with Crippen LogP contribution in [0.2, 0.25) is 0 Å². The molecule has 2 aromatic rings. The van der Waals surface area contributed by atoms with E-state index in [4.69, 9.17) is 14.0 Å². The maximum atomic E-state index is 12.8. The minimum Gasteiger partial charge on any atom is -0.484 e. The van der Waals surface area contributed by atoms with E-state index in [1.807, 2.05) is 0 Å². The molecule has 1 saturated heterocycles. The Hall–Kier alpha value is -2.48. The molecule has 1 fully saturated rings. The van der Waals surface area contributed by atoms with E-state index >= 15 is 0 Å². The first kappa shape index (κ1) is 16.4. The molecule has 1 aromatic carbocycles. The predicted octanol–water partition coefficient (Wildman–Crippen LogP) is 1.75. The molecule has 128 valence electrons. The van der Waals surface area contributed by atoms with E-state index in [9.17, 15) is 9.18 Å². The summed E-state index contributed by atoms with van der Waals surface area (Å²) in [5.41, 5.74) is 0. The number of amides is 1. The summed E-state index contributed by atoms with van der Waals surface area (Å²) < 4.78 is 28.2. The normalized spacial score (nSPS) is 17.2. The molecule has 3 rings (SSSR count). The number of likely N-dealkylation sites (tertiary alicyclic amines) is 1. The lowest BCUT2D eigenvalue weighted by Crippen LogP contribution is -2.32. The minimum absolute atomic E-state index is 0.0501. The molecular formula is C16H18FN3O4. The van der Waals surface area contributed by atoms with Gasteiger partial charge in [0.25, 0.3) is 11.8 Å². The van der Waals surface area contributed by atoms with Crippen molar-refractivity contribution in [1.82, 2.24) is 15.0 Å². The standard InChI is InChI=1S/C16H18FN3O4/c1-22-9-14-18-16(19-24-14)11-6-7-20(8-11)15(21)10-23-13-4-2-12(17)3-5-13/h2-5,11H,6-10H2,1H3. The monoisotopic (exact) mass is 335 g/mol. The van der Waals surface area contributed by atoms with E-state index in [1.165, 1.54) is 24.3 Å². The number of hydrogen-bond donors (Lipinski definition) is 0. The number of nitrogens with zero attached hydrogens (tertiary/aromatic N) is 3. The van der Waals surface area contributed by atoms with Gasteiger partial charge in [-0.25, -0.2) is 4.39 Å². The Morgan fingerprint density at radius 2 is 2.21 bits per heavy atom. The van der Waals surface area contributed by atoms with Crippen molar-refractivity contribution in [2.45, 2.75) is 18.9 Å². The number of carbonyl (C=O) groups excluding carboxylic acids is 1. The maximum Gasteiger partial charge on any atom is 0.260 e. The van der Waals surface area contributed by atoms with Gasteiger partial charge in [-0.2, -0.15) is 4.98 Å². The van der Waals surface area contributed by atoms with Gasteiger partial charge in [-0.1, -0.05) is 5.16 Å². The van der Waals surface area contributed by atoms with Crippen LogP contribution in [0.1, 0.15) is 24.1 Å². The average molecular weight is 335 g/mol. The molecular weight excluding hydrogens is 317 g/mol. The van der Waals surface area contributed by atoms with Gasteiger partial charge >= 0.3 is 0 Å². The Morgan fingerprint density at radius 1 is 1.42 bits per heavy atom. The lowest BCUT2D eigenvalue weighted by Gasteiger charge is -2.16. The lowest BCUT2D eigenvalue weighted by molar-refractivity contribution is -0.132. The maximum absolute atomic E-state index is 12.8. The van der Waals surface area contributed by atoms with Gasteiger partial charge in [-0.15, -0.1) is 0 Å². The van der Waals surface area contributed by atoms with Gasteiger partial charge in [0.1, 0.15) is 18.2 Å². The summed E-state index contributed by atoms with van der Waals surface area (Å²) in [4.78, 5) is 18.2. The molecule has 1 atom stereocenters. The Bertz CT molecular complexity index is 689. The summed E-state index contributed by atoms with van der Waals surface area (Å²) in [6.45, 7) is 1.33. The summed E-state index contributed by atoms with van der Waals surface area (Å²) in [6.07, 6.45) is 0.772. The molecule has 0 N–H and O–H groups in total. The number of rotatable bonds is 6. The molecule has 0 aliphatic carbocycles. The van der Waals surface area contributed by atoms with Crippen LogP contribution in [0, 0.1) is 5.82 Å². The third-order valence-electron chi connectivity index (χ3n) is 3.83. The van der Waals surface area contributed by atoms with Crippen molar-refractivity contribution in [2.24, 2.45) is 0 Å². The smallest absolute Gasteiger partial charge is 0.260 e. The van der Waals surface area contributed by atoms with E-state index in [0.717, 1.165) is 6.42 Å². The molecule has 0 bridgehead atoms. The molecule has 2 heterocycles. The number of carbonyl (C=O) groups is 1. The van der Waals surface area contributed by atoms with Crippen molar-refractivity contribution >= 4 is 5.91 Å². The van der Waals surface area contributed by atoms with Crippen molar-refractivity contribution in [2.75, 3.05) is 26.8 Å². The summed E-state index contributed by atoms with van der Waals surface area (Å²) in [6, 6.07) is 5.57. The molecule has 7 nitrogen and oxygen atoms in total. The van der Waals surface area contributed by atoms with E-state index in [2.05, 4.69) is 10.1 Å². The quantitative estimate of drug-likeness (QED) is 0.800. The first-order chi connectivity index (χ1) is 11.7. The fraction of sp³-hybridized carbons (Fsp3) is 0.438. The van der Waals surface area contributed by atoms with Gasteiger partial charge in [0, 0.05) is 26.1 Å². The zero-order chi connectivity index (χ0) is 16.9. The summed E-state index contributed by atoms with van der Waals surface area (Å²) in [5, 5.41) is 3.94. The summed E-state index contributed by atoms with van der Waals surface area (Å²) in [5.74, 6) is 1.07. The van der Waals surface area contributed by atoms with E-state index < -0.39 is 0 Å². The predicted molar refractivity (Wildman–Crippen MR) is 80.8 cm³/mol. The number of benzene rings is 1. The molecule has 1 amide bonds. The van der Waals surface area contributed by atoms with Crippen LogP contribution in [-0.4, -0.2) is 47.8 Å². The van der Waals surface area contributed by atoms with E-state index in [1.54, 1.807) is 12.0 Å². The highest BCUT2D eigenvalue weighted by Gasteiger charge is 2.30. The highest BCUT2D eigenvalue weighted by atomic mass is 19.1. The highest BCUT2D eigenvalue weighted by Crippen LogP contribution is 2.25. The van der Waals surface area contributed by atoms with Crippen molar-refractivity contribution in [3.05, 3.63) is 41.8 Å². The highest BCUT2D eigenvalue weighted by molar-refractivity contribution is 5.78. The molecule has 1 aliphatic heterocycles. The van der Waals surface area contributed by atoms with Gasteiger partial charge in [-0.3, -0.25) is 4.79 Å². The van der Waals surface area contributed by atoms with Crippen LogP contribution in [0.15, 0.2) is 28.8 Å². The first-order valence-electron chi connectivity index (χ1n) is 7.63. The van der Waals surface area contributed by atoms with E-state index in [0.29, 0.717) is 30.6 Å². The van der Waals surface area contributed by atoms with Gasteiger partial charge in [0.05, 0.1) is 0 Å². The van der Waals surface area contributed by atoms with Crippen LogP contribution >= 0.6 is 0 Å². The van der Waals surface area contributed by atoms with Gasteiger partial charge in [0.15, 0.2) is 12.4 Å². The molecule has 1 aromatic heterocycles. The Kier molecular flexibility index (Phi) is 5.05. The van der Waals surface area contributed by atoms with Crippen molar-refractivity contribution in [3.8, 4) is 5.75 Å². The number of methoxy groups -OCH3 is 1. The van der Waals surface area contributed by atoms with Crippen molar-refractivity contribution in [3.63, 3.8) is 0 Å². The van der Waals surface area contributed by atoms with Gasteiger partial charge in [-0.05, 0) is 30.7 Å². The van der Waals surface area contributed by atoms with Crippen LogP contribution in [0.4, 0.5) is 4.39 Å². The molecule has 1 aliphatic rings. The lowest BCUT2D eigenvalue weighted by atomic mass is 10.1. The van der Waals surface area contributed by atoms with Crippen LogP contribution in [0.3, 0.4) is 0 Å². The fourth-order valence-corrected chi connectivity index (χ4v) is 2.58. The minimum atomic E-state index is -0.344. The number of hydrogen-bond acceptors (Lipinski definition) is 6. The van der Waals surface area contributed by atoms with Crippen LogP contribution in [0.5, 0.6) is 5.75 Å². The average Bonchev–Trinajstić information content (AvgIpc) is 3.23. The molecule has 0 radical (unpaired) electrons. The second kappa shape index (κ2) is 7.39. The van der Waals surface area contributed by atoms with Crippen LogP contribution < -0.4 is 4.74 Å². The summed E-state index contributed by atoms with van der Waals surface area (Å²) in [7, 11) is 1.56. The molecule has 0 spiro atoms.